The molecule has 0 bridgehead atoms. The van der Waals surface area contributed by atoms with Crippen molar-refractivity contribution in [2.75, 3.05) is 20.8 Å². The van der Waals surface area contributed by atoms with Crippen LogP contribution in [0, 0.1) is 5.92 Å². The Labute approximate surface area is 125 Å². The van der Waals surface area contributed by atoms with Gasteiger partial charge in [0, 0.05) is 29.8 Å². The van der Waals surface area contributed by atoms with Crippen molar-refractivity contribution >= 4 is 11.5 Å². The number of hydrogen-bond donors (Lipinski definition) is 1. The van der Waals surface area contributed by atoms with Crippen LogP contribution in [0.2, 0.25) is 0 Å². The van der Waals surface area contributed by atoms with Crippen molar-refractivity contribution in [1.82, 2.24) is 5.32 Å². The zero-order valence-electron chi connectivity index (χ0n) is 12.6. The predicted octanol–water partition coefficient (Wildman–Crippen LogP) is 2.56. The van der Waals surface area contributed by atoms with Crippen molar-refractivity contribution in [1.29, 1.82) is 0 Å². The molecule has 0 aromatic heterocycles. The van der Waals surface area contributed by atoms with Crippen LogP contribution in [-0.4, -0.2) is 26.5 Å². The van der Waals surface area contributed by atoms with Gasteiger partial charge in [-0.25, -0.2) is 0 Å². The minimum Gasteiger partial charge on any atom is -0.493 e. The maximum atomic E-state index is 12.2. The van der Waals surface area contributed by atoms with Gasteiger partial charge in [-0.05, 0) is 37.0 Å². The summed E-state index contributed by atoms with van der Waals surface area (Å²) in [6, 6.07) is 3.97. The molecule has 1 fully saturated rings. The first-order valence-corrected chi connectivity index (χ1v) is 7.47. The topological polar surface area (TPSA) is 47.6 Å². The molecule has 0 unspecified atom stereocenters. The second-order valence-corrected chi connectivity index (χ2v) is 5.63. The van der Waals surface area contributed by atoms with Crippen LogP contribution in [-0.2, 0) is 11.2 Å². The standard InChI is InChI=1S/C17H21NO3/c1-20-16-8-12-6-7-18-14(13(12)9-17(16)21-2)10-15(19)11-4-3-5-11/h8-11,18H,3-7H2,1-2H3/b14-10-. The highest BCUT2D eigenvalue weighted by molar-refractivity contribution is 5.99. The molecular formula is C17H21NO3. The lowest BCUT2D eigenvalue weighted by Crippen LogP contribution is -2.26. The Balaban J connectivity index is 1.96. The number of methoxy groups -OCH3 is 2. The quantitative estimate of drug-likeness (QED) is 0.865. The Bertz CT molecular complexity index is 588. The van der Waals surface area contributed by atoms with Crippen LogP contribution in [0.5, 0.6) is 11.5 Å². The summed E-state index contributed by atoms with van der Waals surface area (Å²) in [6.45, 7) is 0.840. The van der Waals surface area contributed by atoms with Crippen LogP contribution >= 0.6 is 0 Å². The highest BCUT2D eigenvalue weighted by atomic mass is 16.5. The molecular weight excluding hydrogens is 266 g/mol. The first kappa shape index (κ1) is 14.0. The van der Waals surface area contributed by atoms with Gasteiger partial charge in [0.15, 0.2) is 17.3 Å². The zero-order chi connectivity index (χ0) is 14.8. The van der Waals surface area contributed by atoms with Crippen LogP contribution in [0.1, 0.15) is 30.4 Å². The summed E-state index contributed by atoms with van der Waals surface area (Å²) in [5.41, 5.74) is 3.15. The van der Waals surface area contributed by atoms with Gasteiger partial charge < -0.3 is 14.8 Å². The van der Waals surface area contributed by atoms with E-state index in [0.29, 0.717) is 5.75 Å². The molecule has 1 saturated carbocycles. The van der Waals surface area contributed by atoms with Gasteiger partial charge in [0.2, 0.25) is 0 Å². The third kappa shape index (κ3) is 2.62. The second-order valence-electron chi connectivity index (χ2n) is 5.63. The molecule has 112 valence electrons. The molecule has 1 aliphatic heterocycles. The molecule has 1 aromatic carbocycles. The number of ether oxygens (including phenoxy) is 2. The van der Waals surface area contributed by atoms with E-state index in [4.69, 9.17) is 9.47 Å². The third-order valence-corrected chi connectivity index (χ3v) is 4.40. The van der Waals surface area contributed by atoms with Crippen LogP contribution in [0.15, 0.2) is 18.2 Å². The van der Waals surface area contributed by atoms with Crippen LogP contribution in [0.25, 0.3) is 5.70 Å². The molecule has 1 aliphatic carbocycles. The Kier molecular flexibility index (Phi) is 3.86. The first-order chi connectivity index (χ1) is 10.2. The summed E-state index contributed by atoms with van der Waals surface area (Å²) >= 11 is 0. The summed E-state index contributed by atoms with van der Waals surface area (Å²) in [5.74, 6) is 1.90. The highest BCUT2D eigenvalue weighted by Gasteiger charge is 2.25. The molecule has 4 nitrogen and oxygen atoms in total. The lowest BCUT2D eigenvalue weighted by molar-refractivity contribution is -0.120. The molecule has 4 heteroatoms. The van der Waals surface area contributed by atoms with E-state index < -0.39 is 0 Å². The SMILES string of the molecule is COc1cc2c(cc1OC)/C(=C/C(=O)C1CCC1)NCC2. The molecule has 21 heavy (non-hydrogen) atoms. The Hall–Kier alpha value is -1.97. The van der Waals surface area contributed by atoms with Crippen molar-refractivity contribution in [3.05, 3.63) is 29.3 Å². The minimum absolute atomic E-state index is 0.227. The van der Waals surface area contributed by atoms with Crippen molar-refractivity contribution in [2.24, 2.45) is 5.92 Å². The van der Waals surface area contributed by atoms with E-state index in [1.807, 2.05) is 12.1 Å². The summed E-state index contributed by atoms with van der Waals surface area (Å²) in [7, 11) is 3.27. The van der Waals surface area contributed by atoms with Gasteiger partial charge in [-0.2, -0.15) is 0 Å². The molecule has 1 heterocycles. The van der Waals surface area contributed by atoms with E-state index in [-0.39, 0.29) is 11.7 Å². The molecule has 1 N–H and O–H groups in total. The molecule has 0 spiro atoms. The van der Waals surface area contributed by atoms with Crippen LogP contribution in [0.4, 0.5) is 0 Å². The predicted molar refractivity (Wildman–Crippen MR) is 81.6 cm³/mol. The zero-order valence-corrected chi connectivity index (χ0v) is 12.6. The molecule has 0 atom stereocenters. The maximum Gasteiger partial charge on any atom is 0.161 e. The highest BCUT2D eigenvalue weighted by Crippen LogP contribution is 2.35. The molecule has 3 rings (SSSR count). The van der Waals surface area contributed by atoms with E-state index >= 15 is 0 Å². The van der Waals surface area contributed by atoms with E-state index in [9.17, 15) is 4.79 Å². The van der Waals surface area contributed by atoms with Crippen molar-refractivity contribution in [3.63, 3.8) is 0 Å². The van der Waals surface area contributed by atoms with E-state index in [1.165, 1.54) is 12.0 Å². The smallest absolute Gasteiger partial charge is 0.161 e. The van der Waals surface area contributed by atoms with Crippen molar-refractivity contribution < 1.29 is 14.3 Å². The van der Waals surface area contributed by atoms with Gasteiger partial charge in [-0.3, -0.25) is 4.79 Å². The van der Waals surface area contributed by atoms with Crippen molar-refractivity contribution in [2.45, 2.75) is 25.7 Å². The summed E-state index contributed by atoms with van der Waals surface area (Å²) in [4.78, 5) is 12.2. The number of fused-ring (bicyclic) bond motifs is 1. The van der Waals surface area contributed by atoms with Gasteiger partial charge in [0.25, 0.3) is 0 Å². The van der Waals surface area contributed by atoms with Gasteiger partial charge in [-0.15, -0.1) is 0 Å². The molecule has 1 aromatic rings. The number of ketones is 1. The fourth-order valence-corrected chi connectivity index (χ4v) is 2.89. The molecule has 2 aliphatic rings. The number of hydrogen-bond acceptors (Lipinski definition) is 4. The van der Waals surface area contributed by atoms with Crippen LogP contribution in [0.3, 0.4) is 0 Å². The van der Waals surface area contributed by atoms with Gasteiger partial charge in [0.05, 0.1) is 14.2 Å². The maximum absolute atomic E-state index is 12.2. The Morgan fingerprint density at radius 3 is 2.57 bits per heavy atom. The molecule has 0 radical (unpaired) electrons. The van der Waals surface area contributed by atoms with Gasteiger partial charge in [0.1, 0.15) is 0 Å². The fraction of sp³-hybridized carbons (Fsp3) is 0.471. The lowest BCUT2D eigenvalue weighted by Gasteiger charge is -2.25. The monoisotopic (exact) mass is 287 g/mol. The van der Waals surface area contributed by atoms with Crippen molar-refractivity contribution in [3.8, 4) is 11.5 Å². The third-order valence-electron chi connectivity index (χ3n) is 4.40. The molecule has 0 amide bonds. The summed E-state index contributed by atoms with van der Waals surface area (Å²) < 4.78 is 10.7. The van der Waals surface area contributed by atoms with E-state index in [1.54, 1.807) is 20.3 Å². The van der Waals surface area contributed by atoms with Gasteiger partial charge >= 0.3 is 0 Å². The normalized spacial score (nSPS) is 19.4. The summed E-state index contributed by atoms with van der Waals surface area (Å²) in [5, 5.41) is 3.34. The van der Waals surface area contributed by atoms with E-state index in [0.717, 1.165) is 42.8 Å². The lowest BCUT2D eigenvalue weighted by atomic mass is 9.81. The second kappa shape index (κ2) is 5.80. The number of carbonyl (C=O) groups is 1. The number of benzene rings is 1. The molecule has 0 saturated heterocycles. The van der Waals surface area contributed by atoms with Gasteiger partial charge in [-0.1, -0.05) is 6.42 Å². The largest absolute Gasteiger partial charge is 0.493 e. The number of nitrogens with one attached hydrogen (secondary N) is 1. The average molecular weight is 287 g/mol. The number of carbonyl (C=O) groups excluding carboxylic acids is 1. The average Bonchev–Trinajstić information content (AvgIpc) is 2.44. The number of allylic oxidation sites excluding steroid dienone is 1. The minimum atomic E-state index is 0.227. The van der Waals surface area contributed by atoms with E-state index in [2.05, 4.69) is 5.32 Å². The fourth-order valence-electron chi connectivity index (χ4n) is 2.89. The Morgan fingerprint density at radius 2 is 1.95 bits per heavy atom. The summed E-state index contributed by atoms with van der Waals surface area (Å²) in [6.07, 6.45) is 5.93. The Morgan fingerprint density at radius 1 is 1.24 bits per heavy atom. The van der Waals surface area contributed by atoms with Crippen LogP contribution < -0.4 is 14.8 Å². The number of rotatable bonds is 4. The first-order valence-electron chi connectivity index (χ1n) is 7.47.